The van der Waals surface area contributed by atoms with Crippen molar-refractivity contribution in [3.05, 3.63) is 23.3 Å². The largest absolute Gasteiger partial charge is 0.465 e. The number of hydrogen-bond donors (Lipinski definition) is 2. The third-order valence-electron chi connectivity index (χ3n) is 2.21. The van der Waals surface area contributed by atoms with Gasteiger partial charge >= 0.3 is 11.9 Å². The van der Waals surface area contributed by atoms with E-state index in [1.165, 1.54) is 26.4 Å². The van der Waals surface area contributed by atoms with Crippen molar-refractivity contribution in [2.75, 3.05) is 25.3 Å². The molecule has 0 aliphatic heterocycles. The molecule has 1 aromatic carbocycles. The number of nitrogen functional groups attached to an aromatic ring is 1. The first-order chi connectivity index (χ1) is 8.54. The number of methoxy groups -OCH3 is 2. The van der Waals surface area contributed by atoms with Crippen LogP contribution in [-0.2, 0) is 14.3 Å². The summed E-state index contributed by atoms with van der Waals surface area (Å²) < 4.78 is 9.06. The number of benzene rings is 1. The van der Waals surface area contributed by atoms with E-state index < -0.39 is 11.9 Å². The van der Waals surface area contributed by atoms with Crippen LogP contribution in [0.15, 0.2) is 12.1 Å². The second kappa shape index (κ2) is 5.67. The van der Waals surface area contributed by atoms with Gasteiger partial charge in [0, 0.05) is 5.69 Å². The molecule has 0 bridgehead atoms. The van der Waals surface area contributed by atoms with Crippen LogP contribution < -0.4 is 11.1 Å². The minimum absolute atomic E-state index is 0.0505. The maximum atomic E-state index is 11.5. The summed E-state index contributed by atoms with van der Waals surface area (Å²) in [7, 11) is 2.39. The highest BCUT2D eigenvalue weighted by atomic mass is 16.5. The number of nitrogens with two attached hydrogens (primary N) is 1. The van der Waals surface area contributed by atoms with Gasteiger partial charge in [-0.25, -0.2) is 9.59 Å². The van der Waals surface area contributed by atoms with Crippen molar-refractivity contribution in [1.82, 2.24) is 0 Å². The molecule has 96 valence electrons. The summed E-state index contributed by atoms with van der Waals surface area (Å²) in [4.78, 5) is 33.3. The lowest BCUT2D eigenvalue weighted by atomic mass is 10.1. The first-order valence-corrected chi connectivity index (χ1v) is 4.85. The quantitative estimate of drug-likeness (QED) is 0.456. The summed E-state index contributed by atoms with van der Waals surface area (Å²) in [5.74, 6) is -1.35. The van der Waals surface area contributed by atoms with Gasteiger partial charge in [-0.2, -0.15) is 0 Å². The fourth-order valence-electron chi connectivity index (χ4n) is 1.36. The van der Waals surface area contributed by atoms with E-state index in [0.29, 0.717) is 6.41 Å². The fourth-order valence-corrected chi connectivity index (χ4v) is 1.36. The van der Waals surface area contributed by atoms with E-state index in [1.807, 2.05) is 0 Å². The number of esters is 2. The standard InChI is InChI=1S/C11H12N2O5/c1-17-10(15)6-4-9(13-5-14)7(3-8(6)12)11(16)18-2/h3-5H,12H2,1-2H3,(H,13,14). The molecule has 1 aromatic rings. The van der Waals surface area contributed by atoms with E-state index in [9.17, 15) is 14.4 Å². The summed E-state index contributed by atoms with van der Waals surface area (Å²) in [5, 5.41) is 2.29. The Labute approximate surface area is 103 Å². The molecule has 0 aliphatic rings. The lowest BCUT2D eigenvalue weighted by molar-refractivity contribution is -0.105. The number of nitrogens with one attached hydrogen (secondary N) is 1. The maximum Gasteiger partial charge on any atom is 0.340 e. The number of carbonyl (C=O) groups is 3. The molecule has 0 aliphatic carbocycles. The van der Waals surface area contributed by atoms with E-state index in [0.717, 1.165) is 0 Å². The molecule has 1 rings (SSSR count). The molecule has 0 saturated carbocycles. The molecular formula is C11H12N2O5. The van der Waals surface area contributed by atoms with E-state index in [2.05, 4.69) is 14.8 Å². The van der Waals surface area contributed by atoms with Gasteiger partial charge < -0.3 is 20.5 Å². The van der Waals surface area contributed by atoms with Crippen LogP contribution in [0.2, 0.25) is 0 Å². The molecule has 18 heavy (non-hydrogen) atoms. The SMILES string of the molecule is COC(=O)c1cc(NC=O)c(C(=O)OC)cc1N. The zero-order valence-electron chi connectivity index (χ0n) is 9.85. The predicted octanol–water partition coefficient (Wildman–Crippen LogP) is 0.410. The molecule has 1 amide bonds. The van der Waals surface area contributed by atoms with Gasteiger partial charge in [-0.3, -0.25) is 4.79 Å². The molecule has 0 radical (unpaired) electrons. The van der Waals surface area contributed by atoms with E-state index in [1.54, 1.807) is 0 Å². The average Bonchev–Trinajstić information content (AvgIpc) is 2.38. The molecule has 3 N–H and O–H groups in total. The fraction of sp³-hybridized carbons (Fsp3) is 0.182. The third-order valence-corrected chi connectivity index (χ3v) is 2.21. The summed E-state index contributed by atoms with van der Waals surface area (Å²) in [5.41, 5.74) is 5.90. The van der Waals surface area contributed by atoms with Crippen molar-refractivity contribution < 1.29 is 23.9 Å². The lowest BCUT2D eigenvalue weighted by Gasteiger charge is -2.11. The van der Waals surface area contributed by atoms with Crippen LogP contribution in [0, 0.1) is 0 Å². The highest BCUT2D eigenvalue weighted by Crippen LogP contribution is 2.24. The number of carbonyl (C=O) groups excluding carboxylic acids is 3. The Morgan fingerprint density at radius 3 is 2.22 bits per heavy atom. The van der Waals surface area contributed by atoms with E-state index in [-0.39, 0.29) is 22.5 Å². The Balaban J connectivity index is 3.37. The van der Waals surface area contributed by atoms with Crippen molar-refractivity contribution in [2.45, 2.75) is 0 Å². The molecule has 7 nitrogen and oxygen atoms in total. The topological polar surface area (TPSA) is 108 Å². The van der Waals surface area contributed by atoms with Crippen molar-refractivity contribution in [3.8, 4) is 0 Å². The smallest absolute Gasteiger partial charge is 0.340 e. The third kappa shape index (κ3) is 2.57. The highest BCUT2D eigenvalue weighted by Gasteiger charge is 2.18. The van der Waals surface area contributed by atoms with Crippen LogP contribution in [0.4, 0.5) is 11.4 Å². The normalized spacial score (nSPS) is 9.44. The number of anilines is 2. The van der Waals surface area contributed by atoms with Gasteiger partial charge in [-0.15, -0.1) is 0 Å². The van der Waals surface area contributed by atoms with Crippen LogP contribution in [0.1, 0.15) is 20.7 Å². The zero-order chi connectivity index (χ0) is 13.7. The van der Waals surface area contributed by atoms with Gasteiger partial charge in [0.25, 0.3) is 0 Å². The Morgan fingerprint density at radius 1 is 1.17 bits per heavy atom. The average molecular weight is 252 g/mol. The Morgan fingerprint density at radius 2 is 1.72 bits per heavy atom. The summed E-state index contributed by atoms with van der Waals surface area (Å²) >= 11 is 0. The van der Waals surface area contributed by atoms with E-state index in [4.69, 9.17) is 5.73 Å². The minimum Gasteiger partial charge on any atom is -0.465 e. The van der Waals surface area contributed by atoms with Gasteiger partial charge in [0.1, 0.15) is 0 Å². The van der Waals surface area contributed by atoms with Crippen LogP contribution >= 0.6 is 0 Å². The van der Waals surface area contributed by atoms with Gasteiger partial charge in [-0.1, -0.05) is 0 Å². The predicted molar refractivity (Wildman–Crippen MR) is 63.2 cm³/mol. The Kier molecular flexibility index (Phi) is 4.25. The highest BCUT2D eigenvalue weighted by molar-refractivity contribution is 6.04. The molecule has 0 aromatic heterocycles. The number of rotatable bonds is 4. The van der Waals surface area contributed by atoms with Crippen LogP contribution in [0.25, 0.3) is 0 Å². The van der Waals surface area contributed by atoms with Crippen LogP contribution in [0.5, 0.6) is 0 Å². The van der Waals surface area contributed by atoms with Gasteiger partial charge in [-0.05, 0) is 12.1 Å². The number of hydrogen-bond acceptors (Lipinski definition) is 6. The second-order valence-corrected chi connectivity index (χ2v) is 3.23. The molecule has 0 heterocycles. The molecule has 0 saturated heterocycles. The summed E-state index contributed by atoms with van der Waals surface area (Å²) in [6.07, 6.45) is 0.374. The molecule has 0 unspecified atom stereocenters. The number of amides is 1. The molecule has 7 heteroatoms. The summed E-state index contributed by atoms with van der Waals surface area (Å²) in [6.45, 7) is 0. The molecule has 0 spiro atoms. The van der Waals surface area contributed by atoms with Crippen molar-refractivity contribution in [3.63, 3.8) is 0 Å². The minimum atomic E-state index is -0.678. The molecule has 0 fully saturated rings. The van der Waals surface area contributed by atoms with Crippen molar-refractivity contribution in [1.29, 1.82) is 0 Å². The second-order valence-electron chi connectivity index (χ2n) is 3.23. The Hall–Kier alpha value is -2.57. The van der Waals surface area contributed by atoms with Crippen molar-refractivity contribution >= 4 is 29.7 Å². The van der Waals surface area contributed by atoms with Gasteiger partial charge in [0.05, 0.1) is 31.0 Å². The number of ether oxygens (including phenoxy) is 2. The maximum absolute atomic E-state index is 11.5. The lowest BCUT2D eigenvalue weighted by Crippen LogP contribution is -2.12. The van der Waals surface area contributed by atoms with Crippen LogP contribution in [0.3, 0.4) is 0 Å². The zero-order valence-corrected chi connectivity index (χ0v) is 9.85. The van der Waals surface area contributed by atoms with Gasteiger partial charge in [0.15, 0.2) is 0 Å². The monoisotopic (exact) mass is 252 g/mol. The first kappa shape index (κ1) is 13.5. The molecule has 0 atom stereocenters. The van der Waals surface area contributed by atoms with Crippen LogP contribution in [-0.4, -0.2) is 32.6 Å². The molecular weight excluding hydrogens is 240 g/mol. The summed E-state index contributed by atoms with van der Waals surface area (Å²) in [6, 6.07) is 2.49. The van der Waals surface area contributed by atoms with Gasteiger partial charge in [0.2, 0.25) is 6.41 Å². The van der Waals surface area contributed by atoms with Crippen molar-refractivity contribution in [2.24, 2.45) is 0 Å². The van der Waals surface area contributed by atoms with E-state index >= 15 is 0 Å². The Bertz CT molecular complexity index is 498. The first-order valence-electron chi connectivity index (χ1n) is 4.85.